The Morgan fingerprint density at radius 2 is 2.12 bits per heavy atom. The van der Waals surface area contributed by atoms with Crippen molar-refractivity contribution in [1.82, 2.24) is 4.90 Å². The van der Waals surface area contributed by atoms with Crippen molar-refractivity contribution >= 4 is 0 Å². The second kappa shape index (κ2) is 7.61. The number of rotatable bonds is 6. The third kappa shape index (κ3) is 4.09. The normalized spacial score (nSPS) is 25.6. The van der Waals surface area contributed by atoms with E-state index in [1.54, 1.807) is 7.11 Å². The molecule has 0 aromatic carbocycles. The van der Waals surface area contributed by atoms with Crippen LogP contribution in [-0.4, -0.2) is 49.0 Å². The Balaban J connectivity index is 2.47. The summed E-state index contributed by atoms with van der Waals surface area (Å²) in [5, 5.41) is 18.6. The molecule has 4 heteroatoms. The van der Waals surface area contributed by atoms with Crippen LogP contribution in [0.15, 0.2) is 0 Å². The summed E-state index contributed by atoms with van der Waals surface area (Å²) < 4.78 is 5.07. The molecule has 4 nitrogen and oxygen atoms in total. The first kappa shape index (κ1) is 13.4. The summed E-state index contributed by atoms with van der Waals surface area (Å²) in [6.45, 7) is 2.20. The van der Waals surface area contributed by atoms with Crippen molar-refractivity contribution in [2.24, 2.45) is 0 Å². The fourth-order valence-corrected chi connectivity index (χ4v) is 2.36. The van der Waals surface area contributed by atoms with Gasteiger partial charge in [-0.15, -0.1) is 0 Å². The van der Waals surface area contributed by atoms with Crippen molar-refractivity contribution in [1.29, 1.82) is 5.26 Å². The van der Waals surface area contributed by atoms with Crippen LogP contribution in [0.2, 0.25) is 0 Å². The number of hydrogen-bond donors (Lipinski definition) is 1. The van der Waals surface area contributed by atoms with E-state index in [1.807, 2.05) is 0 Å². The lowest BCUT2D eigenvalue weighted by Gasteiger charge is -2.37. The van der Waals surface area contributed by atoms with Crippen LogP contribution in [0.3, 0.4) is 0 Å². The summed E-state index contributed by atoms with van der Waals surface area (Å²) in [6, 6.07) is 2.38. The maximum atomic E-state index is 9.97. The Hall–Kier alpha value is -0.630. The van der Waals surface area contributed by atoms with Gasteiger partial charge < -0.3 is 9.84 Å². The summed E-state index contributed by atoms with van der Waals surface area (Å²) in [4.78, 5) is 2.20. The number of aliphatic hydroxyl groups is 1. The fourth-order valence-electron chi connectivity index (χ4n) is 2.36. The zero-order chi connectivity index (χ0) is 11.8. The quantitative estimate of drug-likeness (QED) is 0.738. The minimum atomic E-state index is -0.232. The third-order valence-corrected chi connectivity index (χ3v) is 3.26. The second-order valence-corrected chi connectivity index (χ2v) is 4.36. The average Bonchev–Trinajstić information content (AvgIpc) is 2.31. The Morgan fingerprint density at radius 1 is 1.38 bits per heavy atom. The molecule has 2 atom stereocenters. The molecule has 0 aliphatic heterocycles. The highest BCUT2D eigenvalue weighted by Crippen LogP contribution is 2.23. The molecule has 0 radical (unpaired) electrons. The molecular formula is C12H22N2O2. The van der Waals surface area contributed by atoms with Crippen molar-refractivity contribution in [3.8, 4) is 6.07 Å². The maximum absolute atomic E-state index is 9.97. The summed E-state index contributed by atoms with van der Waals surface area (Å²) in [6.07, 6.45) is 4.51. The standard InChI is InChI=1S/C12H22N2O2/c1-16-10-9-14(8-4-7-13)11-5-2-3-6-12(11)15/h11-12,15H,2-6,8-10H2,1H3/t11-,12-/m0/s1. The van der Waals surface area contributed by atoms with Gasteiger partial charge in [0.25, 0.3) is 0 Å². The molecule has 92 valence electrons. The zero-order valence-electron chi connectivity index (χ0n) is 10.1. The number of aliphatic hydroxyl groups excluding tert-OH is 1. The molecule has 1 aliphatic carbocycles. The van der Waals surface area contributed by atoms with Gasteiger partial charge in [0.05, 0.1) is 18.8 Å². The van der Waals surface area contributed by atoms with E-state index in [0.717, 1.165) is 32.4 Å². The van der Waals surface area contributed by atoms with Crippen molar-refractivity contribution in [3.05, 3.63) is 0 Å². The van der Waals surface area contributed by atoms with Gasteiger partial charge in [0.1, 0.15) is 0 Å². The molecule has 0 bridgehead atoms. The Morgan fingerprint density at radius 3 is 2.75 bits per heavy atom. The summed E-state index contributed by atoms with van der Waals surface area (Å²) >= 11 is 0. The van der Waals surface area contributed by atoms with E-state index in [-0.39, 0.29) is 12.1 Å². The molecular weight excluding hydrogens is 204 g/mol. The lowest BCUT2D eigenvalue weighted by molar-refractivity contribution is 0.00991. The van der Waals surface area contributed by atoms with Crippen molar-refractivity contribution in [3.63, 3.8) is 0 Å². The van der Waals surface area contributed by atoms with Crippen LogP contribution in [0.25, 0.3) is 0 Å². The molecule has 16 heavy (non-hydrogen) atoms. The smallest absolute Gasteiger partial charge is 0.0695 e. The van der Waals surface area contributed by atoms with Crippen LogP contribution in [0.1, 0.15) is 32.1 Å². The van der Waals surface area contributed by atoms with E-state index in [1.165, 1.54) is 6.42 Å². The van der Waals surface area contributed by atoms with E-state index in [9.17, 15) is 5.11 Å². The van der Waals surface area contributed by atoms with E-state index in [0.29, 0.717) is 13.0 Å². The third-order valence-electron chi connectivity index (χ3n) is 3.26. The number of hydrogen-bond acceptors (Lipinski definition) is 4. The average molecular weight is 226 g/mol. The first-order chi connectivity index (χ1) is 7.79. The van der Waals surface area contributed by atoms with Crippen LogP contribution >= 0.6 is 0 Å². The molecule has 1 fully saturated rings. The largest absolute Gasteiger partial charge is 0.391 e. The maximum Gasteiger partial charge on any atom is 0.0695 e. The SMILES string of the molecule is COCCN(CCC#N)[C@H]1CCCC[C@@H]1O. The van der Waals surface area contributed by atoms with Crippen LogP contribution in [0.4, 0.5) is 0 Å². The van der Waals surface area contributed by atoms with Gasteiger partial charge >= 0.3 is 0 Å². The molecule has 0 unspecified atom stereocenters. The predicted octanol–water partition coefficient (Wildman–Crippen LogP) is 1.15. The summed E-state index contributed by atoms with van der Waals surface area (Å²) in [5.74, 6) is 0. The predicted molar refractivity (Wildman–Crippen MR) is 61.9 cm³/mol. The van der Waals surface area contributed by atoms with E-state index in [4.69, 9.17) is 10.00 Å². The number of nitriles is 1. The van der Waals surface area contributed by atoms with Gasteiger partial charge in [0.2, 0.25) is 0 Å². The highest BCUT2D eigenvalue weighted by Gasteiger charge is 2.28. The molecule has 0 heterocycles. The first-order valence-corrected chi connectivity index (χ1v) is 6.07. The molecule has 1 saturated carbocycles. The van der Waals surface area contributed by atoms with Crippen LogP contribution < -0.4 is 0 Å². The Labute approximate surface area is 97.8 Å². The number of ether oxygens (including phenoxy) is 1. The van der Waals surface area contributed by atoms with Gasteiger partial charge in [-0.1, -0.05) is 12.8 Å². The molecule has 0 aromatic rings. The van der Waals surface area contributed by atoms with Gasteiger partial charge in [-0.2, -0.15) is 5.26 Å². The number of methoxy groups -OCH3 is 1. The molecule has 1 rings (SSSR count). The van der Waals surface area contributed by atoms with Crippen LogP contribution in [-0.2, 0) is 4.74 Å². The Bertz CT molecular complexity index is 228. The van der Waals surface area contributed by atoms with E-state index in [2.05, 4.69) is 11.0 Å². The van der Waals surface area contributed by atoms with Crippen LogP contribution in [0, 0.1) is 11.3 Å². The van der Waals surface area contributed by atoms with Gasteiger partial charge in [0, 0.05) is 32.7 Å². The van der Waals surface area contributed by atoms with Gasteiger partial charge in [0.15, 0.2) is 0 Å². The molecule has 0 saturated heterocycles. The fraction of sp³-hybridized carbons (Fsp3) is 0.917. The van der Waals surface area contributed by atoms with Gasteiger partial charge in [-0.05, 0) is 12.8 Å². The molecule has 0 aromatic heterocycles. The summed E-state index contributed by atoms with van der Waals surface area (Å²) in [5.41, 5.74) is 0. The number of nitrogens with zero attached hydrogens (tertiary/aromatic N) is 2. The van der Waals surface area contributed by atoms with Crippen molar-refractivity contribution in [2.45, 2.75) is 44.2 Å². The highest BCUT2D eigenvalue weighted by atomic mass is 16.5. The molecule has 0 spiro atoms. The monoisotopic (exact) mass is 226 g/mol. The zero-order valence-corrected chi connectivity index (χ0v) is 10.1. The van der Waals surface area contributed by atoms with Gasteiger partial charge in [-0.3, -0.25) is 4.90 Å². The lowest BCUT2D eigenvalue weighted by atomic mass is 9.91. The molecule has 1 N–H and O–H groups in total. The molecule has 1 aliphatic rings. The summed E-state index contributed by atoms with van der Waals surface area (Å²) in [7, 11) is 1.68. The minimum Gasteiger partial charge on any atom is -0.391 e. The Kier molecular flexibility index (Phi) is 6.39. The van der Waals surface area contributed by atoms with Crippen molar-refractivity contribution in [2.75, 3.05) is 26.8 Å². The van der Waals surface area contributed by atoms with E-state index >= 15 is 0 Å². The second-order valence-electron chi connectivity index (χ2n) is 4.36. The first-order valence-electron chi connectivity index (χ1n) is 6.07. The van der Waals surface area contributed by atoms with E-state index < -0.39 is 0 Å². The van der Waals surface area contributed by atoms with Crippen molar-refractivity contribution < 1.29 is 9.84 Å². The lowest BCUT2D eigenvalue weighted by Crippen LogP contribution is -2.47. The topological polar surface area (TPSA) is 56.5 Å². The highest BCUT2D eigenvalue weighted by molar-refractivity contribution is 4.85. The van der Waals surface area contributed by atoms with Crippen LogP contribution in [0.5, 0.6) is 0 Å². The minimum absolute atomic E-state index is 0.220. The molecule has 0 amide bonds. The van der Waals surface area contributed by atoms with Gasteiger partial charge in [-0.25, -0.2) is 0 Å².